The molecular formula is C16H20N4O. The van der Waals surface area contributed by atoms with Gasteiger partial charge in [0, 0.05) is 5.56 Å². The number of nitrogens with two attached hydrogens (primary N) is 1. The lowest BCUT2D eigenvalue weighted by atomic mass is 9.67. The minimum atomic E-state index is 0.282. The third-order valence-corrected chi connectivity index (χ3v) is 5.12. The average molecular weight is 284 g/mol. The third-order valence-electron chi connectivity index (χ3n) is 5.12. The molecule has 5 nitrogen and oxygen atoms in total. The van der Waals surface area contributed by atoms with Crippen molar-refractivity contribution in [3.63, 3.8) is 0 Å². The van der Waals surface area contributed by atoms with E-state index in [0.717, 1.165) is 5.56 Å². The minimum absolute atomic E-state index is 0.282. The van der Waals surface area contributed by atoms with Crippen molar-refractivity contribution in [3.8, 4) is 11.4 Å². The van der Waals surface area contributed by atoms with Crippen molar-refractivity contribution in [1.82, 2.24) is 15.0 Å². The van der Waals surface area contributed by atoms with Gasteiger partial charge in [-0.25, -0.2) is 0 Å². The monoisotopic (exact) mass is 284 g/mol. The van der Waals surface area contributed by atoms with E-state index in [0.29, 0.717) is 17.1 Å². The zero-order valence-electron chi connectivity index (χ0n) is 12.1. The molecular weight excluding hydrogens is 264 g/mol. The van der Waals surface area contributed by atoms with E-state index in [1.807, 2.05) is 0 Å². The number of hydrogen-bond acceptors (Lipinski definition) is 5. The van der Waals surface area contributed by atoms with Crippen molar-refractivity contribution in [2.75, 3.05) is 19.6 Å². The maximum atomic E-state index is 5.50. The summed E-state index contributed by atoms with van der Waals surface area (Å²) in [4.78, 5) is 6.85. The largest absolute Gasteiger partial charge is 0.338 e. The number of nitrogens with zero attached hydrogens (tertiary/aromatic N) is 3. The Morgan fingerprint density at radius 3 is 2.33 bits per heavy atom. The lowest BCUT2D eigenvalue weighted by Gasteiger charge is -2.48. The molecule has 2 bridgehead atoms. The number of fused-ring (bicyclic) bond motifs is 3. The zero-order valence-corrected chi connectivity index (χ0v) is 12.1. The van der Waals surface area contributed by atoms with Gasteiger partial charge in [-0.05, 0) is 49.9 Å². The molecule has 0 unspecified atom stereocenters. The topological polar surface area (TPSA) is 68.2 Å². The predicted octanol–water partition coefficient (Wildman–Crippen LogP) is 1.93. The molecule has 4 heterocycles. The Morgan fingerprint density at radius 1 is 1.10 bits per heavy atom. The summed E-state index contributed by atoms with van der Waals surface area (Å²) in [5.41, 5.74) is 8.36. The maximum absolute atomic E-state index is 5.50. The van der Waals surface area contributed by atoms with Crippen molar-refractivity contribution < 1.29 is 4.52 Å². The van der Waals surface area contributed by atoms with Gasteiger partial charge in [0.15, 0.2) is 0 Å². The molecule has 1 aromatic heterocycles. The number of benzene rings is 1. The standard InChI is InChI=1S/C16H20N4O/c17-11-14-18-15(19-21-14)12-1-3-13(4-2-12)16-5-8-20(9-6-16)10-7-16/h1-4H,5-11,17H2. The van der Waals surface area contributed by atoms with Crippen LogP contribution in [-0.2, 0) is 12.0 Å². The van der Waals surface area contributed by atoms with Crippen LogP contribution < -0.4 is 5.73 Å². The van der Waals surface area contributed by atoms with E-state index in [1.54, 1.807) is 0 Å². The van der Waals surface area contributed by atoms with Gasteiger partial charge in [0.1, 0.15) is 0 Å². The van der Waals surface area contributed by atoms with Crippen LogP contribution in [0.25, 0.3) is 11.4 Å². The molecule has 0 atom stereocenters. The summed E-state index contributed by atoms with van der Waals surface area (Å²) in [6, 6.07) is 8.70. The average Bonchev–Trinajstić information content (AvgIpc) is 3.06. The van der Waals surface area contributed by atoms with Crippen molar-refractivity contribution in [2.24, 2.45) is 5.73 Å². The summed E-state index contributed by atoms with van der Waals surface area (Å²) >= 11 is 0. The molecule has 5 rings (SSSR count). The highest BCUT2D eigenvalue weighted by Crippen LogP contribution is 2.43. The Morgan fingerprint density at radius 2 is 1.76 bits per heavy atom. The highest BCUT2D eigenvalue weighted by atomic mass is 16.5. The molecule has 3 saturated heterocycles. The lowest BCUT2D eigenvalue weighted by Crippen LogP contribution is -2.50. The normalized spacial score (nSPS) is 28.0. The highest BCUT2D eigenvalue weighted by Gasteiger charge is 2.40. The van der Waals surface area contributed by atoms with Gasteiger partial charge in [0.05, 0.1) is 6.54 Å². The van der Waals surface area contributed by atoms with E-state index in [9.17, 15) is 0 Å². The Labute approximate surface area is 124 Å². The molecule has 110 valence electrons. The van der Waals surface area contributed by atoms with Crippen LogP contribution >= 0.6 is 0 Å². The van der Waals surface area contributed by atoms with Crippen LogP contribution in [0.5, 0.6) is 0 Å². The molecule has 0 radical (unpaired) electrons. The first-order chi connectivity index (χ1) is 10.3. The van der Waals surface area contributed by atoms with Crippen LogP contribution in [0.2, 0.25) is 0 Å². The predicted molar refractivity (Wildman–Crippen MR) is 79.6 cm³/mol. The van der Waals surface area contributed by atoms with Gasteiger partial charge in [-0.2, -0.15) is 4.98 Å². The fourth-order valence-corrected chi connectivity index (χ4v) is 3.69. The lowest BCUT2D eigenvalue weighted by molar-refractivity contribution is 0.0818. The smallest absolute Gasteiger partial charge is 0.240 e. The second-order valence-electron chi connectivity index (χ2n) is 6.17. The second-order valence-corrected chi connectivity index (χ2v) is 6.17. The first-order valence-electron chi connectivity index (χ1n) is 7.65. The van der Waals surface area contributed by atoms with Crippen molar-refractivity contribution in [1.29, 1.82) is 0 Å². The van der Waals surface area contributed by atoms with E-state index in [-0.39, 0.29) is 6.54 Å². The van der Waals surface area contributed by atoms with Gasteiger partial charge >= 0.3 is 0 Å². The fraction of sp³-hybridized carbons (Fsp3) is 0.500. The summed E-state index contributed by atoms with van der Waals surface area (Å²) in [5.74, 6) is 1.10. The van der Waals surface area contributed by atoms with Gasteiger partial charge in [-0.1, -0.05) is 29.4 Å². The van der Waals surface area contributed by atoms with Gasteiger partial charge in [-0.3, -0.25) is 0 Å². The van der Waals surface area contributed by atoms with Crippen LogP contribution in [0.15, 0.2) is 28.8 Å². The van der Waals surface area contributed by atoms with Gasteiger partial charge < -0.3 is 15.2 Å². The molecule has 5 heteroatoms. The van der Waals surface area contributed by atoms with E-state index < -0.39 is 0 Å². The quantitative estimate of drug-likeness (QED) is 0.932. The molecule has 0 amide bonds. The zero-order chi connectivity index (χ0) is 14.3. The molecule has 3 fully saturated rings. The van der Waals surface area contributed by atoms with Gasteiger partial charge in [0.25, 0.3) is 0 Å². The molecule has 21 heavy (non-hydrogen) atoms. The Balaban J connectivity index is 1.61. The summed E-state index contributed by atoms with van der Waals surface area (Å²) in [5, 5.41) is 3.97. The van der Waals surface area contributed by atoms with Gasteiger partial charge in [-0.15, -0.1) is 0 Å². The molecule has 2 aromatic rings. The highest BCUT2D eigenvalue weighted by molar-refractivity contribution is 5.55. The molecule has 0 aliphatic carbocycles. The number of aromatic nitrogens is 2. The van der Waals surface area contributed by atoms with Crippen molar-refractivity contribution >= 4 is 0 Å². The van der Waals surface area contributed by atoms with E-state index in [1.165, 1.54) is 44.5 Å². The first kappa shape index (κ1) is 13.0. The van der Waals surface area contributed by atoms with Crippen molar-refractivity contribution in [3.05, 3.63) is 35.7 Å². The Bertz CT molecular complexity index is 612. The van der Waals surface area contributed by atoms with Gasteiger partial charge in [0.2, 0.25) is 11.7 Å². The summed E-state index contributed by atoms with van der Waals surface area (Å²) in [6.07, 6.45) is 3.85. The molecule has 0 spiro atoms. The van der Waals surface area contributed by atoms with Crippen LogP contribution in [0.4, 0.5) is 0 Å². The third kappa shape index (κ3) is 2.17. The number of hydrogen-bond donors (Lipinski definition) is 1. The van der Waals surface area contributed by atoms with E-state index >= 15 is 0 Å². The number of piperidine rings is 3. The van der Waals surface area contributed by atoms with E-state index in [4.69, 9.17) is 10.3 Å². The number of rotatable bonds is 3. The molecule has 3 aliphatic rings. The van der Waals surface area contributed by atoms with Crippen LogP contribution in [0, 0.1) is 0 Å². The van der Waals surface area contributed by atoms with Crippen molar-refractivity contribution in [2.45, 2.75) is 31.2 Å². The fourth-order valence-electron chi connectivity index (χ4n) is 3.69. The van der Waals surface area contributed by atoms with Crippen LogP contribution in [0.3, 0.4) is 0 Å². The summed E-state index contributed by atoms with van der Waals surface area (Å²) < 4.78 is 5.07. The summed E-state index contributed by atoms with van der Waals surface area (Å²) in [6.45, 7) is 4.01. The maximum Gasteiger partial charge on any atom is 0.240 e. The molecule has 3 aliphatic heterocycles. The van der Waals surface area contributed by atoms with Crippen LogP contribution in [-0.4, -0.2) is 34.7 Å². The SMILES string of the molecule is NCc1nc(-c2ccc(C34CCN(CC3)CC4)cc2)no1. The molecule has 1 aromatic carbocycles. The van der Waals surface area contributed by atoms with E-state index in [2.05, 4.69) is 39.3 Å². The molecule has 2 N–H and O–H groups in total. The first-order valence-corrected chi connectivity index (χ1v) is 7.65. The second kappa shape index (κ2) is 4.93. The Hall–Kier alpha value is -1.72. The minimum Gasteiger partial charge on any atom is -0.338 e. The Kier molecular flexibility index (Phi) is 3.05. The van der Waals surface area contributed by atoms with Crippen LogP contribution in [0.1, 0.15) is 30.7 Å². The molecule has 0 saturated carbocycles. The summed E-state index contributed by atoms with van der Waals surface area (Å²) in [7, 11) is 0.